The van der Waals surface area contributed by atoms with Gasteiger partial charge >= 0.3 is 12.4 Å². The van der Waals surface area contributed by atoms with Gasteiger partial charge in [0.1, 0.15) is 5.82 Å². The van der Waals surface area contributed by atoms with Crippen molar-refractivity contribution in [2.24, 2.45) is 0 Å². The molecule has 4 rings (SSSR count). The minimum absolute atomic E-state index is 0.0205. The van der Waals surface area contributed by atoms with E-state index in [0.29, 0.717) is 36.1 Å². The van der Waals surface area contributed by atoms with Crippen LogP contribution in [-0.4, -0.2) is 38.7 Å². The number of unbranched alkanes of at least 4 members (excludes halogenated alkanes) is 1. The third kappa shape index (κ3) is 5.59. The van der Waals surface area contributed by atoms with Crippen LogP contribution in [0.25, 0.3) is 16.6 Å². The highest BCUT2D eigenvalue weighted by Gasteiger charge is 2.71. The van der Waals surface area contributed by atoms with E-state index in [1.54, 1.807) is 42.5 Å². The largest absolute Gasteiger partial charge is 0.430 e. The molecule has 2 N–H and O–H groups in total. The van der Waals surface area contributed by atoms with Gasteiger partial charge in [-0.15, -0.1) is 0 Å². The lowest BCUT2D eigenvalue weighted by molar-refractivity contribution is -0.376. The van der Waals surface area contributed by atoms with Crippen LogP contribution >= 0.6 is 0 Å². The van der Waals surface area contributed by atoms with Gasteiger partial charge in [0.25, 0.3) is 11.2 Å². The second-order valence-electron chi connectivity index (χ2n) is 8.94. The van der Waals surface area contributed by atoms with Crippen LogP contribution in [0.4, 0.5) is 26.3 Å². The van der Waals surface area contributed by atoms with Gasteiger partial charge in [-0.2, -0.15) is 26.3 Å². The molecular formula is C29H22F6N2O3. The number of aromatic nitrogens is 2. The summed E-state index contributed by atoms with van der Waals surface area (Å²) < 4.78 is 81.3. The summed E-state index contributed by atoms with van der Waals surface area (Å²) in [6, 6.07) is 16.4. The van der Waals surface area contributed by atoms with Crippen molar-refractivity contribution < 1.29 is 36.6 Å². The number of rotatable bonds is 6. The van der Waals surface area contributed by atoms with E-state index in [1.807, 2.05) is 0 Å². The Hall–Kier alpha value is -4.14. The lowest BCUT2D eigenvalue weighted by Gasteiger charge is -2.32. The molecule has 1 aromatic heterocycles. The summed E-state index contributed by atoms with van der Waals surface area (Å²) in [5, 5.41) is 18.8. The fraction of sp³-hybridized carbons (Fsp3) is 0.241. The Balaban J connectivity index is 1.88. The van der Waals surface area contributed by atoms with Gasteiger partial charge in [-0.05, 0) is 42.3 Å². The summed E-state index contributed by atoms with van der Waals surface area (Å²) in [6.07, 6.45) is -11.0. The second kappa shape index (κ2) is 11.2. The van der Waals surface area contributed by atoms with Crippen molar-refractivity contribution in [3.8, 4) is 17.5 Å². The smallest absolute Gasteiger partial charge is 0.396 e. The molecule has 4 aromatic rings. The normalized spacial score (nSPS) is 12.3. The molecule has 0 unspecified atom stereocenters. The predicted octanol–water partition coefficient (Wildman–Crippen LogP) is 5.41. The quantitative estimate of drug-likeness (QED) is 0.188. The third-order valence-corrected chi connectivity index (χ3v) is 6.20. The number of hydrogen-bond acceptors (Lipinski definition) is 4. The number of benzene rings is 3. The molecule has 1 heterocycles. The number of halogens is 6. The predicted molar refractivity (Wildman–Crippen MR) is 136 cm³/mol. The first-order valence-electron chi connectivity index (χ1n) is 12.0. The molecule has 0 radical (unpaired) electrons. The molecule has 0 spiro atoms. The fourth-order valence-electron chi connectivity index (χ4n) is 4.14. The highest BCUT2D eigenvalue weighted by Crippen LogP contribution is 2.50. The molecule has 40 heavy (non-hydrogen) atoms. The number of alkyl halides is 6. The molecule has 0 amide bonds. The monoisotopic (exact) mass is 560 g/mol. The van der Waals surface area contributed by atoms with Crippen molar-refractivity contribution in [1.29, 1.82) is 0 Å². The van der Waals surface area contributed by atoms with E-state index in [2.05, 4.69) is 16.8 Å². The van der Waals surface area contributed by atoms with Crippen molar-refractivity contribution in [2.75, 3.05) is 6.61 Å². The highest BCUT2D eigenvalue weighted by atomic mass is 19.4. The maximum Gasteiger partial charge on any atom is 0.430 e. The van der Waals surface area contributed by atoms with E-state index in [9.17, 15) is 36.2 Å². The van der Waals surface area contributed by atoms with Crippen molar-refractivity contribution >= 4 is 10.9 Å². The molecule has 0 fully saturated rings. The van der Waals surface area contributed by atoms with Crippen molar-refractivity contribution in [2.45, 2.75) is 37.2 Å². The lowest BCUT2D eigenvalue weighted by atomic mass is 9.92. The number of fused-ring (bicyclic) bond motifs is 1. The lowest BCUT2D eigenvalue weighted by Crippen LogP contribution is -2.53. The topological polar surface area (TPSA) is 75.3 Å². The van der Waals surface area contributed by atoms with Crippen LogP contribution in [0.2, 0.25) is 0 Å². The van der Waals surface area contributed by atoms with Crippen molar-refractivity contribution in [3.05, 3.63) is 106 Å². The average Bonchev–Trinajstić information content (AvgIpc) is 2.90. The van der Waals surface area contributed by atoms with Gasteiger partial charge in [-0.25, -0.2) is 4.98 Å². The maximum atomic E-state index is 13.7. The van der Waals surface area contributed by atoms with E-state index in [-0.39, 0.29) is 29.9 Å². The Kier molecular flexibility index (Phi) is 8.05. The molecule has 0 atom stereocenters. The molecule has 11 heteroatoms. The van der Waals surface area contributed by atoms with Gasteiger partial charge < -0.3 is 10.2 Å². The zero-order chi connectivity index (χ0) is 29.1. The Morgan fingerprint density at radius 1 is 0.875 bits per heavy atom. The Bertz CT molecular complexity index is 1600. The minimum Gasteiger partial charge on any atom is -0.396 e. The van der Waals surface area contributed by atoms with E-state index in [4.69, 9.17) is 5.11 Å². The molecule has 0 bridgehead atoms. The first-order chi connectivity index (χ1) is 18.9. The number of nitrogens with zero attached hydrogens (tertiary/aromatic N) is 2. The zero-order valence-corrected chi connectivity index (χ0v) is 20.7. The first-order valence-corrected chi connectivity index (χ1v) is 12.0. The van der Waals surface area contributed by atoms with Gasteiger partial charge in [0, 0.05) is 30.6 Å². The molecule has 0 aliphatic heterocycles. The van der Waals surface area contributed by atoms with E-state index < -0.39 is 29.1 Å². The van der Waals surface area contributed by atoms with Crippen LogP contribution in [0.5, 0.6) is 0 Å². The molecule has 0 aliphatic carbocycles. The van der Waals surface area contributed by atoms with Gasteiger partial charge in [-0.3, -0.25) is 9.36 Å². The molecule has 0 saturated carbocycles. The summed E-state index contributed by atoms with van der Waals surface area (Å²) >= 11 is 0. The van der Waals surface area contributed by atoms with Gasteiger partial charge in [-0.1, -0.05) is 54.3 Å². The van der Waals surface area contributed by atoms with Gasteiger partial charge in [0.2, 0.25) is 0 Å². The average molecular weight is 560 g/mol. The zero-order valence-electron chi connectivity index (χ0n) is 20.7. The summed E-state index contributed by atoms with van der Waals surface area (Å²) in [7, 11) is 0. The van der Waals surface area contributed by atoms with Crippen LogP contribution in [0, 0.1) is 11.8 Å². The number of aliphatic hydroxyl groups is 2. The van der Waals surface area contributed by atoms with Crippen LogP contribution in [-0.2, 0) is 12.0 Å². The van der Waals surface area contributed by atoms with Crippen molar-refractivity contribution in [3.63, 3.8) is 0 Å². The van der Waals surface area contributed by atoms with Gasteiger partial charge in [0.15, 0.2) is 0 Å². The first kappa shape index (κ1) is 28.9. The maximum absolute atomic E-state index is 13.7. The summed E-state index contributed by atoms with van der Waals surface area (Å²) in [6.45, 7) is -0.0205. The molecule has 5 nitrogen and oxygen atoms in total. The van der Waals surface area contributed by atoms with Gasteiger partial charge in [0.05, 0.1) is 16.6 Å². The van der Waals surface area contributed by atoms with Crippen LogP contribution in [0.15, 0.2) is 77.6 Å². The SMILES string of the molecule is O=c1c2cc(C#CCCCO)ccc2nc(Cc2ccccc2)n1-c1ccc(C(O)(C(F)(F)F)C(F)(F)F)cc1. The number of hydrogen-bond donors (Lipinski definition) is 2. The summed E-state index contributed by atoms with van der Waals surface area (Å²) in [4.78, 5) is 18.3. The minimum atomic E-state index is -6.04. The van der Waals surface area contributed by atoms with Crippen LogP contribution < -0.4 is 5.56 Å². The van der Waals surface area contributed by atoms with E-state index in [1.165, 1.54) is 6.07 Å². The second-order valence-corrected chi connectivity index (χ2v) is 8.94. The molecular weight excluding hydrogens is 538 g/mol. The highest BCUT2D eigenvalue weighted by molar-refractivity contribution is 5.80. The third-order valence-electron chi connectivity index (χ3n) is 6.20. The molecule has 3 aromatic carbocycles. The Morgan fingerprint density at radius 2 is 1.52 bits per heavy atom. The number of aliphatic hydroxyl groups excluding tert-OH is 1. The summed E-state index contributed by atoms with van der Waals surface area (Å²) in [5.74, 6) is 5.96. The summed E-state index contributed by atoms with van der Waals surface area (Å²) in [5.41, 5.74) is -5.61. The molecule has 208 valence electrons. The van der Waals surface area contributed by atoms with Crippen LogP contribution in [0.3, 0.4) is 0 Å². The molecule has 0 saturated heterocycles. The molecule has 0 aliphatic rings. The standard InChI is InChI=1S/C29H22F6N2O3/c30-28(31,32)27(40,29(33,34)35)21-11-13-22(14-12-21)37-25(18-19-7-3-1-4-8-19)36-24-15-10-20(9-5-2-6-16-38)17-23(24)26(37)39/h1,3-4,7-8,10-15,17,38,40H,2,6,16,18H2. The fourth-order valence-corrected chi connectivity index (χ4v) is 4.14. The van der Waals surface area contributed by atoms with Crippen molar-refractivity contribution in [1.82, 2.24) is 9.55 Å². The Labute approximate surface area is 224 Å². The van der Waals surface area contributed by atoms with E-state index in [0.717, 1.165) is 22.3 Å². The Morgan fingerprint density at radius 3 is 2.12 bits per heavy atom. The van der Waals surface area contributed by atoms with E-state index >= 15 is 0 Å². The van der Waals surface area contributed by atoms with Crippen LogP contribution in [0.1, 0.15) is 35.4 Å².